The second-order valence-electron chi connectivity index (χ2n) is 4.94. The van der Waals surface area contributed by atoms with Gasteiger partial charge in [0, 0.05) is 12.0 Å². The summed E-state index contributed by atoms with van der Waals surface area (Å²) in [5.41, 5.74) is -0.638. The number of hydrogen-bond donors (Lipinski definition) is 4. The maximum absolute atomic E-state index is 11.0. The van der Waals surface area contributed by atoms with E-state index in [0.717, 1.165) is 6.42 Å². The third-order valence-corrected chi connectivity index (χ3v) is 3.52. The average Bonchev–Trinajstić information content (AvgIpc) is 2.43. The molecule has 0 radical (unpaired) electrons. The highest BCUT2D eigenvalue weighted by Gasteiger charge is 2.49. The fraction of sp³-hybridized carbons (Fsp3) is 0.900. The summed E-state index contributed by atoms with van der Waals surface area (Å²) in [5, 5.41) is 30.9. The summed E-state index contributed by atoms with van der Waals surface area (Å²) in [7, 11) is 0. The predicted molar refractivity (Wildman–Crippen MR) is 61.4 cm³/mol. The van der Waals surface area contributed by atoms with Crippen LogP contribution in [0.4, 0.5) is 0 Å². The Morgan fingerprint density at radius 2 is 2.25 bits per heavy atom. The van der Waals surface area contributed by atoms with Gasteiger partial charge in [0.15, 0.2) is 0 Å². The van der Waals surface area contributed by atoms with Crippen molar-refractivity contribution in [3.63, 3.8) is 0 Å². The number of carboxylic acid groups (broad SMARTS) is 1. The third kappa shape index (κ3) is 2.75. The van der Waals surface area contributed by atoms with Crippen LogP contribution in [0.25, 0.3) is 0 Å². The molecule has 6 heteroatoms. The normalized spacial score (nSPS) is 34.0. The predicted octanol–water partition coefficient (Wildman–Crippen LogP) is -0.196. The molecule has 0 aromatic rings. The Balaban J connectivity index is 2.60. The lowest BCUT2D eigenvalue weighted by molar-refractivity contribution is -0.143. The van der Waals surface area contributed by atoms with Crippen molar-refractivity contribution in [3.8, 4) is 0 Å². The highest BCUT2D eigenvalue weighted by atomic mass is 16.4. The quantitative estimate of drug-likeness (QED) is 0.490. The fourth-order valence-electron chi connectivity index (χ4n) is 2.35. The molecule has 1 fully saturated rings. The molecular formula is C10H20BNO4. The minimum Gasteiger partial charge on any atom is -0.480 e. The summed E-state index contributed by atoms with van der Waals surface area (Å²) in [6.07, 6.45) is 1.32. The van der Waals surface area contributed by atoms with Gasteiger partial charge < -0.3 is 20.6 Å². The number of β-amino-alcohol motifs (C(OH)–C–C–N with tert-alkyl or cyclic N) is 1. The van der Waals surface area contributed by atoms with Crippen molar-refractivity contribution in [2.45, 2.75) is 45.1 Å². The zero-order valence-electron chi connectivity index (χ0n) is 9.81. The second-order valence-corrected chi connectivity index (χ2v) is 4.94. The molecule has 0 aromatic heterocycles. The lowest BCUT2D eigenvalue weighted by atomic mass is 9.65. The van der Waals surface area contributed by atoms with Crippen molar-refractivity contribution >= 4 is 12.9 Å². The van der Waals surface area contributed by atoms with Gasteiger partial charge in [0.2, 0.25) is 0 Å². The lowest BCUT2D eigenvalue weighted by Gasteiger charge is -2.31. The number of hydrogen-bond acceptors (Lipinski definition) is 4. The molecule has 3 unspecified atom stereocenters. The Hall–Kier alpha value is -0.585. The van der Waals surface area contributed by atoms with E-state index in [1.807, 2.05) is 0 Å². The van der Waals surface area contributed by atoms with Crippen molar-refractivity contribution in [2.24, 2.45) is 5.41 Å². The van der Waals surface area contributed by atoms with Crippen molar-refractivity contribution in [2.75, 3.05) is 6.54 Å². The summed E-state index contributed by atoms with van der Waals surface area (Å²) in [6.45, 7) is 3.44. The molecule has 0 saturated carbocycles. The molecule has 0 spiro atoms. The minimum atomic E-state index is -0.920. The molecule has 0 aliphatic carbocycles. The van der Waals surface area contributed by atoms with E-state index in [4.69, 9.17) is 10.1 Å². The first-order chi connectivity index (χ1) is 7.38. The van der Waals surface area contributed by atoms with Gasteiger partial charge in [0.05, 0.1) is 6.10 Å². The highest BCUT2D eigenvalue weighted by molar-refractivity contribution is 6.48. The Morgan fingerprint density at radius 3 is 2.75 bits per heavy atom. The van der Waals surface area contributed by atoms with Crippen LogP contribution in [0.1, 0.15) is 19.8 Å². The topological polar surface area (TPSA) is 89.8 Å². The molecule has 4 N–H and O–H groups in total. The van der Waals surface area contributed by atoms with Gasteiger partial charge in [-0.2, -0.15) is 0 Å². The van der Waals surface area contributed by atoms with Crippen LogP contribution in [0.5, 0.6) is 0 Å². The SMILES string of the molecule is CB(O)CCCC1(C)C(O)CNC1C(=O)O. The Bertz CT molecular complexity index is 261. The van der Waals surface area contributed by atoms with Gasteiger partial charge in [0.25, 0.3) is 6.92 Å². The monoisotopic (exact) mass is 229 g/mol. The van der Waals surface area contributed by atoms with Crippen LogP contribution < -0.4 is 5.32 Å². The van der Waals surface area contributed by atoms with Gasteiger partial charge in [-0.25, -0.2) is 0 Å². The number of aliphatic hydroxyl groups excluding tert-OH is 1. The Morgan fingerprint density at radius 1 is 1.62 bits per heavy atom. The van der Waals surface area contributed by atoms with Crippen molar-refractivity contribution < 1.29 is 20.0 Å². The first kappa shape index (κ1) is 13.5. The van der Waals surface area contributed by atoms with E-state index in [0.29, 0.717) is 19.3 Å². The van der Waals surface area contributed by atoms with Crippen molar-refractivity contribution in [1.29, 1.82) is 0 Å². The molecular weight excluding hydrogens is 209 g/mol. The van der Waals surface area contributed by atoms with Gasteiger partial charge in [-0.15, -0.1) is 0 Å². The van der Waals surface area contributed by atoms with Gasteiger partial charge in [-0.1, -0.05) is 20.2 Å². The van der Waals surface area contributed by atoms with E-state index in [-0.39, 0.29) is 6.92 Å². The van der Waals surface area contributed by atoms with Crippen molar-refractivity contribution in [3.05, 3.63) is 0 Å². The summed E-state index contributed by atoms with van der Waals surface area (Å²) >= 11 is 0. The standard InChI is InChI=1S/C10H20BNO4/c1-10(4-3-5-11(2)16)7(13)6-12-8(10)9(14)15/h7-8,12-13,16H,3-6H2,1-2H3,(H,14,15). The first-order valence-corrected chi connectivity index (χ1v) is 5.70. The largest absolute Gasteiger partial charge is 0.480 e. The number of aliphatic carboxylic acids is 1. The lowest BCUT2D eigenvalue weighted by Crippen LogP contribution is -2.44. The fourth-order valence-corrected chi connectivity index (χ4v) is 2.35. The zero-order chi connectivity index (χ0) is 12.3. The van der Waals surface area contributed by atoms with Crippen LogP contribution in [0.15, 0.2) is 0 Å². The smallest absolute Gasteiger partial charge is 0.321 e. The van der Waals surface area contributed by atoms with E-state index in [2.05, 4.69) is 5.32 Å². The van der Waals surface area contributed by atoms with E-state index in [1.54, 1.807) is 13.7 Å². The van der Waals surface area contributed by atoms with E-state index in [9.17, 15) is 9.90 Å². The Kier molecular flexibility index (Phi) is 4.35. The molecule has 1 saturated heterocycles. The molecule has 3 atom stereocenters. The second kappa shape index (κ2) is 5.16. The van der Waals surface area contributed by atoms with E-state index < -0.39 is 23.5 Å². The van der Waals surface area contributed by atoms with Gasteiger partial charge in [-0.3, -0.25) is 4.79 Å². The first-order valence-electron chi connectivity index (χ1n) is 5.70. The summed E-state index contributed by atoms with van der Waals surface area (Å²) in [4.78, 5) is 11.0. The maximum atomic E-state index is 11.0. The number of rotatable bonds is 5. The van der Waals surface area contributed by atoms with Gasteiger partial charge in [-0.05, 0) is 12.7 Å². The number of carbonyl (C=O) groups is 1. The molecule has 0 bridgehead atoms. The van der Waals surface area contributed by atoms with Crippen molar-refractivity contribution in [1.82, 2.24) is 5.32 Å². The van der Waals surface area contributed by atoms with Crippen LogP contribution in [0.2, 0.25) is 13.1 Å². The van der Waals surface area contributed by atoms with E-state index in [1.165, 1.54) is 0 Å². The highest BCUT2D eigenvalue weighted by Crippen LogP contribution is 2.36. The summed E-state index contributed by atoms with van der Waals surface area (Å²) in [6, 6.07) is -0.698. The van der Waals surface area contributed by atoms with Crippen LogP contribution in [-0.4, -0.2) is 46.8 Å². The van der Waals surface area contributed by atoms with Gasteiger partial charge in [0.1, 0.15) is 6.04 Å². The summed E-state index contributed by atoms with van der Waals surface area (Å²) in [5.74, 6) is -0.920. The van der Waals surface area contributed by atoms with Crippen LogP contribution in [-0.2, 0) is 4.79 Å². The molecule has 16 heavy (non-hydrogen) atoms. The average molecular weight is 229 g/mol. The van der Waals surface area contributed by atoms with Crippen LogP contribution in [0, 0.1) is 5.41 Å². The molecule has 92 valence electrons. The molecule has 0 amide bonds. The Labute approximate surface area is 96.0 Å². The number of aliphatic hydroxyl groups is 1. The summed E-state index contributed by atoms with van der Waals surface area (Å²) < 4.78 is 0. The number of nitrogens with one attached hydrogen (secondary N) is 1. The molecule has 1 heterocycles. The molecule has 1 aliphatic rings. The third-order valence-electron chi connectivity index (χ3n) is 3.52. The van der Waals surface area contributed by atoms with E-state index >= 15 is 0 Å². The number of carboxylic acids is 1. The molecule has 1 rings (SSSR count). The van der Waals surface area contributed by atoms with Crippen LogP contribution in [0.3, 0.4) is 0 Å². The maximum Gasteiger partial charge on any atom is 0.321 e. The minimum absolute atomic E-state index is 0.322. The molecule has 1 aliphatic heterocycles. The molecule has 5 nitrogen and oxygen atoms in total. The zero-order valence-corrected chi connectivity index (χ0v) is 9.81. The molecule has 0 aromatic carbocycles. The van der Waals surface area contributed by atoms with Gasteiger partial charge >= 0.3 is 5.97 Å². The van der Waals surface area contributed by atoms with Crippen LogP contribution >= 0.6 is 0 Å².